The van der Waals surface area contributed by atoms with Crippen molar-refractivity contribution in [2.24, 2.45) is 0 Å². The molecule has 2 aliphatic rings. The van der Waals surface area contributed by atoms with Gasteiger partial charge in [-0.25, -0.2) is 0 Å². The third kappa shape index (κ3) is 6.42. The molecule has 0 saturated carbocycles. The van der Waals surface area contributed by atoms with Crippen molar-refractivity contribution in [2.45, 2.75) is 32.2 Å². The van der Waals surface area contributed by atoms with E-state index in [1.807, 2.05) is 4.90 Å². The molecule has 35 heavy (non-hydrogen) atoms. The van der Waals surface area contributed by atoms with E-state index in [-0.39, 0.29) is 23.4 Å². The molecule has 4 rings (SSSR count). The highest BCUT2D eigenvalue weighted by molar-refractivity contribution is 5.76. The van der Waals surface area contributed by atoms with Gasteiger partial charge < -0.3 is 19.9 Å². The van der Waals surface area contributed by atoms with Crippen LogP contribution < -0.4 is 15.0 Å². The van der Waals surface area contributed by atoms with Crippen LogP contribution in [0.15, 0.2) is 42.5 Å². The monoisotopic (exact) mass is 481 g/mol. The molecule has 1 amide bonds. The molecule has 0 atom stereocenters. The van der Waals surface area contributed by atoms with Crippen LogP contribution >= 0.6 is 0 Å². The quantitative estimate of drug-likeness (QED) is 0.456. The fourth-order valence-corrected chi connectivity index (χ4v) is 4.82. The summed E-state index contributed by atoms with van der Waals surface area (Å²) in [5.41, 5.74) is 3.30. The molecule has 1 N–H and O–H groups in total. The number of anilines is 2. The van der Waals surface area contributed by atoms with Crippen LogP contribution in [0.1, 0.15) is 24.8 Å². The number of nitro groups is 1. The molecule has 2 fully saturated rings. The summed E-state index contributed by atoms with van der Waals surface area (Å²) in [6.45, 7) is 8.29. The average Bonchev–Trinajstić information content (AvgIpc) is 2.88. The lowest BCUT2D eigenvalue weighted by atomic mass is 10.0. The minimum atomic E-state index is -0.448. The summed E-state index contributed by atoms with van der Waals surface area (Å²) in [6, 6.07) is 13.7. The molecule has 9 nitrogen and oxygen atoms in total. The van der Waals surface area contributed by atoms with E-state index in [0.29, 0.717) is 6.42 Å². The van der Waals surface area contributed by atoms with Crippen LogP contribution in [0.25, 0.3) is 0 Å². The molecule has 0 radical (unpaired) electrons. The third-order valence-corrected chi connectivity index (χ3v) is 7.01. The highest BCUT2D eigenvalue weighted by Crippen LogP contribution is 2.30. The molecule has 0 aromatic heterocycles. The Hall–Kier alpha value is -3.33. The van der Waals surface area contributed by atoms with Gasteiger partial charge in [0, 0.05) is 81.8 Å². The van der Waals surface area contributed by atoms with Gasteiger partial charge in [-0.15, -0.1) is 0 Å². The number of amides is 1. The molecule has 2 aliphatic heterocycles. The number of hydrogen-bond acceptors (Lipinski definition) is 7. The molecular formula is C26H35N5O4. The fraction of sp³-hybridized carbons (Fsp3) is 0.500. The zero-order valence-electron chi connectivity index (χ0n) is 20.6. The average molecular weight is 482 g/mol. The van der Waals surface area contributed by atoms with Crippen molar-refractivity contribution in [3.8, 4) is 5.75 Å². The van der Waals surface area contributed by atoms with E-state index in [0.717, 1.165) is 64.3 Å². The van der Waals surface area contributed by atoms with Crippen molar-refractivity contribution in [1.82, 2.24) is 9.80 Å². The minimum Gasteiger partial charge on any atom is -0.490 e. The number of methoxy groups -OCH3 is 1. The molecular weight excluding hydrogens is 446 g/mol. The van der Waals surface area contributed by atoms with Gasteiger partial charge in [0.15, 0.2) is 5.75 Å². The number of carbonyl (C=O) groups excluding carboxylic acids is 1. The van der Waals surface area contributed by atoms with E-state index in [2.05, 4.69) is 46.3 Å². The van der Waals surface area contributed by atoms with E-state index in [4.69, 9.17) is 4.74 Å². The number of nitrogens with zero attached hydrogens (tertiary/aromatic N) is 4. The zero-order chi connectivity index (χ0) is 24.8. The second-order valence-corrected chi connectivity index (χ2v) is 9.36. The Morgan fingerprint density at radius 3 is 2.37 bits per heavy atom. The maximum Gasteiger partial charge on any atom is 0.311 e. The number of piperazine rings is 1. The van der Waals surface area contributed by atoms with E-state index in [9.17, 15) is 14.9 Å². The summed E-state index contributed by atoms with van der Waals surface area (Å²) in [5.74, 6) is 0.466. The SMILES string of the molecule is COc1cc(NC2CCN(C(=O)CCN3CCN(c4ccc(C)cc4)CC3)CC2)ccc1[N+](=O)[O-]. The van der Waals surface area contributed by atoms with E-state index in [1.165, 1.54) is 24.4 Å². The zero-order valence-corrected chi connectivity index (χ0v) is 20.6. The number of aryl methyl sites for hydroxylation is 1. The van der Waals surface area contributed by atoms with Crippen LogP contribution in [-0.2, 0) is 4.79 Å². The standard InChI is InChI=1S/C26H35N5O4/c1-20-3-6-23(7-4-20)29-17-15-28(16-18-29)12-11-26(32)30-13-9-21(10-14-30)27-22-5-8-24(31(33)34)25(19-22)35-2/h3-8,19,21,27H,9-18H2,1-2H3. The smallest absolute Gasteiger partial charge is 0.311 e. The summed E-state index contributed by atoms with van der Waals surface area (Å²) in [6.07, 6.45) is 2.25. The molecule has 2 aromatic carbocycles. The molecule has 2 heterocycles. The van der Waals surface area contributed by atoms with Crippen molar-refractivity contribution in [2.75, 3.05) is 63.1 Å². The van der Waals surface area contributed by atoms with Crippen LogP contribution in [0, 0.1) is 17.0 Å². The second-order valence-electron chi connectivity index (χ2n) is 9.36. The number of likely N-dealkylation sites (tertiary alicyclic amines) is 1. The minimum absolute atomic E-state index is 0.0463. The summed E-state index contributed by atoms with van der Waals surface area (Å²) in [7, 11) is 1.43. The van der Waals surface area contributed by atoms with E-state index >= 15 is 0 Å². The van der Waals surface area contributed by atoms with Gasteiger partial charge in [-0.2, -0.15) is 0 Å². The Kier molecular flexibility index (Phi) is 8.07. The lowest BCUT2D eigenvalue weighted by Gasteiger charge is -2.37. The van der Waals surface area contributed by atoms with E-state index < -0.39 is 4.92 Å². The van der Waals surface area contributed by atoms with Gasteiger partial charge in [0.1, 0.15) is 0 Å². The first-order valence-corrected chi connectivity index (χ1v) is 12.3. The Morgan fingerprint density at radius 2 is 1.74 bits per heavy atom. The van der Waals surface area contributed by atoms with Crippen molar-refractivity contribution >= 4 is 23.0 Å². The largest absolute Gasteiger partial charge is 0.490 e. The number of carbonyl (C=O) groups is 1. The lowest BCUT2D eigenvalue weighted by Crippen LogP contribution is -2.48. The first kappa shape index (κ1) is 24.8. The topological polar surface area (TPSA) is 91.2 Å². The molecule has 0 bridgehead atoms. The Bertz CT molecular complexity index is 1010. The van der Waals surface area contributed by atoms with Gasteiger partial charge in [0.05, 0.1) is 12.0 Å². The first-order chi connectivity index (χ1) is 16.9. The summed E-state index contributed by atoms with van der Waals surface area (Å²) in [5, 5.41) is 14.5. The summed E-state index contributed by atoms with van der Waals surface area (Å²) < 4.78 is 5.15. The highest BCUT2D eigenvalue weighted by Gasteiger charge is 2.25. The van der Waals surface area contributed by atoms with Crippen LogP contribution in [0.4, 0.5) is 17.1 Å². The summed E-state index contributed by atoms with van der Waals surface area (Å²) >= 11 is 0. The van der Waals surface area contributed by atoms with Crippen LogP contribution in [0.3, 0.4) is 0 Å². The second kappa shape index (κ2) is 11.4. The van der Waals surface area contributed by atoms with Gasteiger partial charge in [-0.3, -0.25) is 19.8 Å². The maximum absolute atomic E-state index is 12.8. The number of hydrogen-bond donors (Lipinski definition) is 1. The van der Waals surface area contributed by atoms with Gasteiger partial charge >= 0.3 is 5.69 Å². The van der Waals surface area contributed by atoms with Crippen LogP contribution in [0.2, 0.25) is 0 Å². The normalized spacial score (nSPS) is 17.3. The van der Waals surface area contributed by atoms with Crippen molar-refractivity contribution in [3.63, 3.8) is 0 Å². The van der Waals surface area contributed by atoms with Crippen molar-refractivity contribution < 1.29 is 14.5 Å². The fourth-order valence-electron chi connectivity index (χ4n) is 4.82. The summed E-state index contributed by atoms with van der Waals surface area (Å²) in [4.78, 5) is 30.2. The lowest BCUT2D eigenvalue weighted by molar-refractivity contribution is -0.385. The van der Waals surface area contributed by atoms with Crippen molar-refractivity contribution in [3.05, 3.63) is 58.1 Å². The Morgan fingerprint density at radius 1 is 1.06 bits per heavy atom. The number of nitro benzene ring substituents is 1. The van der Waals surface area contributed by atoms with Gasteiger partial charge in [-0.1, -0.05) is 17.7 Å². The molecule has 0 aliphatic carbocycles. The van der Waals surface area contributed by atoms with E-state index in [1.54, 1.807) is 12.1 Å². The number of rotatable bonds is 8. The Labute approximate surface area is 206 Å². The highest BCUT2D eigenvalue weighted by atomic mass is 16.6. The third-order valence-electron chi connectivity index (χ3n) is 7.01. The maximum atomic E-state index is 12.8. The van der Waals surface area contributed by atoms with Gasteiger partial charge in [0.25, 0.3) is 0 Å². The Balaban J connectivity index is 1.17. The predicted octanol–water partition coefficient (Wildman–Crippen LogP) is 3.53. The first-order valence-electron chi connectivity index (χ1n) is 12.3. The van der Waals surface area contributed by atoms with Crippen LogP contribution in [-0.4, -0.2) is 79.6 Å². The van der Waals surface area contributed by atoms with Gasteiger partial charge in [0.2, 0.25) is 5.91 Å². The molecule has 188 valence electrons. The van der Waals surface area contributed by atoms with Gasteiger partial charge in [-0.05, 0) is 38.0 Å². The molecule has 9 heteroatoms. The number of nitrogens with one attached hydrogen (secondary N) is 1. The predicted molar refractivity (Wildman–Crippen MR) is 137 cm³/mol. The molecule has 2 saturated heterocycles. The number of piperidine rings is 1. The molecule has 2 aromatic rings. The molecule has 0 spiro atoms. The number of ether oxygens (including phenoxy) is 1. The van der Waals surface area contributed by atoms with Crippen LogP contribution in [0.5, 0.6) is 5.75 Å². The number of benzene rings is 2. The molecule has 0 unspecified atom stereocenters. The van der Waals surface area contributed by atoms with Crippen molar-refractivity contribution in [1.29, 1.82) is 0 Å².